The van der Waals surface area contributed by atoms with E-state index in [9.17, 15) is 19.0 Å². The topological polar surface area (TPSA) is 111 Å². The number of likely N-dealkylation sites (N-methyl/N-ethyl adjacent to an activating group) is 1. The van der Waals surface area contributed by atoms with Crippen molar-refractivity contribution >= 4 is 19.8 Å². The Morgan fingerprint density at radius 3 is 1.00 bits per heavy atom. The van der Waals surface area contributed by atoms with Crippen molar-refractivity contribution < 1.29 is 42.1 Å². The number of carbonyl (C=O) groups is 2. The monoisotopic (exact) mass is 1150 g/mol. The van der Waals surface area contributed by atoms with Crippen molar-refractivity contribution in [2.24, 2.45) is 0 Å². The van der Waals surface area contributed by atoms with Gasteiger partial charge in [-0.05, 0) is 128 Å². The van der Waals surface area contributed by atoms with Gasteiger partial charge in [0.15, 0.2) is 6.10 Å². The van der Waals surface area contributed by atoms with E-state index in [1.165, 1.54) is 57.8 Å². The first-order chi connectivity index (χ1) is 40.0. The van der Waals surface area contributed by atoms with Crippen LogP contribution in [-0.4, -0.2) is 70.0 Å². The average molecular weight is 1150 g/mol. The van der Waals surface area contributed by atoms with Crippen molar-refractivity contribution in [2.45, 2.75) is 225 Å². The zero-order valence-corrected chi connectivity index (χ0v) is 53.3. The number of nitrogens with zero attached hydrogens (tertiary/aromatic N) is 1. The van der Waals surface area contributed by atoms with E-state index in [0.717, 1.165) is 122 Å². The number of rotatable bonds is 56. The van der Waals surface area contributed by atoms with Crippen LogP contribution in [0.5, 0.6) is 0 Å². The number of phosphoric ester groups is 1. The van der Waals surface area contributed by atoms with Gasteiger partial charge in [-0.2, -0.15) is 0 Å². The van der Waals surface area contributed by atoms with Crippen LogP contribution < -0.4 is 4.89 Å². The van der Waals surface area contributed by atoms with Gasteiger partial charge in [0.25, 0.3) is 7.82 Å². The molecule has 0 rings (SSSR count). The SMILES string of the molecule is CC/C=C\C/C=C\C/C=C\C/C=C\C/C=C\C/C=C\C/C=C\C/C=C\C/C=C\C/C=C\CCCCC(=O)OC(COC(=O)CCCCCCCCCCCCCC/C=C\C/C=C\C/C=C\C/C=C\CC)COP(=O)([O-])OCC[N+](C)(C)C. The van der Waals surface area contributed by atoms with Crippen molar-refractivity contribution in [3.05, 3.63) is 170 Å². The number of hydrogen-bond acceptors (Lipinski definition) is 8. The molecule has 82 heavy (non-hydrogen) atoms. The second kappa shape index (κ2) is 60.9. The van der Waals surface area contributed by atoms with Gasteiger partial charge in [0.1, 0.15) is 19.8 Å². The fourth-order valence-electron chi connectivity index (χ4n) is 7.91. The second-order valence-corrected chi connectivity index (χ2v) is 23.1. The first-order valence-electron chi connectivity index (χ1n) is 31.8. The van der Waals surface area contributed by atoms with Crippen LogP contribution in [0, 0.1) is 0 Å². The fraction of sp³-hybridized carbons (Fsp3) is 0.583. The van der Waals surface area contributed by atoms with Crippen molar-refractivity contribution in [1.82, 2.24) is 0 Å². The molecule has 0 N–H and O–H groups in total. The van der Waals surface area contributed by atoms with Gasteiger partial charge >= 0.3 is 11.9 Å². The van der Waals surface area contributed by atoms with Crippen LogP contribution in [0.1, 0.15) is 219 Å². The maximum Gasteiger partial charge on any atom is 0.306 e. The molecule has 0 aliphatic heterocycles. The molecule has 2 unspecified atom stereocenters. The number of hydrogen-bond donors (Lipinski definition) is 0. The minimum atomic E-state index is -4.67. The Hall–Kier alpha value is -4.63. The Bertz CT molecular complexity index is 1990. The molecule has 0 bridgehead atoms. The summed E-state index contributed by atoms with van der Waals surface area (Å²) >= 11 is 0. The molecule has 0 saturated heterocycles. The van der Waals surface area contributed by atoms with Gasteiger partial charge < -0.3 is 27.9 Å². The molecule has 462 valence electrons. The van der Waals surface area contributed by atoms with Crippen LogP contribution in [0.25, 0.3) is 0 Å². The summed E-state index contributed by atoms with van der Waals surface area (Å²) in [5.41, 5.74) is 0. The largest absolute Gasteiger partial charge is 0.756 e. The number of carbonyl (C=O) groups excluding carboxylic acids is 2. The van der Waals surface area contributed by atoms with E-state index in [1.54, 1.807) is 0 Å². The highest BCUT2D eigenvalue weighted by Gasteiger charge is 2.21. The van der Waals surface area contributed by atoms with Crippen molar-refractivity contribution in [3.8, 4) is 0 Å². The number of phosphoric acid groups is 1. The summed E-state index contributed by atoms with van der Waals surface area (Å²) in [5, 5.41) is 0. The first-order valence-corrected chi connectivity index (χ1v) is 33.3. The quantitative estimate of drug-likeness (QED) is 0.0195. The maximum atomic E-state index is 12.8. The number of quaternary nitrogens is 1. The van der Waals surface area contributed by atoms with Crippen LogP contribution in [0.2, 0.25) is 0 Å². The Kier molecular flexibility index (Phi) is 57.5. The van der Waals surface area contributed by atoms with E-state index in [-0.39, 0.29) is 26.1 Å². The molecule has 0 saturated carbocycles. The minimum Gasteiger partial charge on any atom is -0.756 e. The summed E-state index contributed by atoms with van der Waals surface area (Å²) in [5.74, 6) is -0.899. The number of allylic oxidation sites excluding steroid dienone is 28. The normalized spacial score (nSPS) is 14.4. The van der Waals surface area contributed by atoms with Gasteiger partial charge in [-0.25, -0.2) is 0 Å². The highest BCUT2D eigenvalue weighted by atomic mass is 31.2. The molecule has 0 radical (unpaired) electrons. The lowest BCUT2D eigenvalue weighted by atomic mass is 10.0. The lowest BCUT2D eigenvalue weighted by molar-refractivity contribution is -0.870. The van der Waals surface area contributed by atoms with E-state index in [1.807, 2.05) is 21.1 Å². The average Bonchev–Trinajstić information content (AvgIpc) is 3.46. The molecule has 0 fully saturated rings. The highest BCUT2D eigenvalue weighted by Crippen LogP contribution is 2.38. The number of ether oxygens (including phenoxy) is 2. The van der Waals surface area contributed by atoms with E-state index in [4.69, 9.17) is 18.5 Å². The van der Waals surface area contributed by atoms with Crippen LogP contribution in [0.15, 0.2) is 170 Å². The smallest absolute Gasteiger partial charge is 0.306 e. The van der Waals surface area contributed by atoms with E-state index in [0.29, 0.717) is 23.9 Å². The Morgan fingerprint density at radius 2 is 0.659 bits per heavy atom. The van der Waals surface area contributed by atoms with Gasteiger partial charge in [-0.15, -0.1) is 0 Å². The van der Waals surface area contributed by atoms with Crippen molar-refractivity contribution in [3.63, 3.8) is 0 Å². The molecule has 10 heteroatoms. The molecule has 2 atom stereocenters. The fourth-order valence-corrected chi connectivity index (χ4v) is 8.64. The lowest BCUT2D eigenvalue weighted by Gasteiger charge is -2.28. The minimum absolute atomic E-state index is 0.0495. The Labute approximate surface area is 502 Å². The summed E-state index contributed by atoms with van der Waals surface area (Å²) in [6.07, 6.45) is 92.7. The summed E-state index contributed by atoms with van der Waals surface area (Å²) in [4.78, 5) is 38.0. The molecule has 0 aliphatic rings. The Morgan fingerprint density at radius 1 is 0.378 bits per heavy atom. The van der Waals surface area contributed by atoms with Crippen molar-refractivity contribution in [2.75, 3.05) is 47.5 Å². The molecule has 0 aromatic rings. The van der Waals surface area contributed by atoms with Gasteiger partial charge in [-0.1, -0.05) is 248 Å². The zero-order valence-electron chi connectivity index (χ0n) is 52.4. The molecule has 0 aromatic carbocycles. The number of unbranched alkanes of at least 4 members (excludes halogenated alkanes) is 14. The zero-order chi connectivity index (χ0) is 59.8. The van der Waals surface area contributed by atoms with Crippen LogP contribution >= 0.6 is 7.82 Å². The molecule has 0 aromatic heterocycles. The maximum absolute atomic E-state index is 12.8. The Balaban J connectivity index is 4.27. The summed E-state index contributed by atoms with van der Waals surface area (Å²) in [6, 6.07) is 0. The molecule has 0 amide bonds. The van der Waals surface area contributed by atoms with Crippen LogP contribution in [-0.2, 0) is 32.7 Å². The van der Waals surface area contributed by atoms with Gasteiger partial charge in [0.2, 0.25) is 0 Å². The van der Waals surface area contributed by atoms with E-state index in [2.05, 4.69) is 184 Å². The summed E-state index contributed by atoms with van der Waals surface area (Å²) < 4.78 is 34.2. The third-order valence-corrected chi connectivity index (χ3v) is 13.7. The van der Waals surface area contributed by atoms with E-state index >= 15 is 0 Å². The molecular weight excluding hydrogens is 1040 g/mol. The van der Waals surface area contributed by atoms with Gasteiger partial charge in [0.05, 0.1) is 27.7 Å². The molecule has 0 heterocycles. The van der Waals surface area contributed by atoms with Gasteiger partial charge in [0, 0.05) is 12.8 Å². The standard InChI is InChI=1S/C72H116NO8P/c1-6-8-10-12-14-16-18-20-22-24-26-28-30-32-33-34-35-36-37-38-39-41-43-45-47-49-51-53-55-57-59-61-63-65-72(75)81-70(69-80-82(76,77)79-67-66-73(3,4)5)68-78-71(74)64-62-60-58-56-54-52-50-48-46-44-42-40-31-29-27-25-23-21-19-17-15-13-11-9-7-2/h8-11,14-17,20-23,26-29,32-33,35-36,38-39,43,45,49,51,55,57,70H,6-7,12-13,18-19,24-25,30-31,34,37,40-42,44,46-48,50,52-54,56,58-69H2,1-5H3/b10-8-,11-9-,16-14-,17-15-,22-20-,23-21-,28-26-,29-27-,33-32-,36-35-,39-38-,45-43-,51-49-,57-55-. The van der Waals surface area contributed by atoms with Crippen LogP contribution in [0.4, 0.5) is 0 Å². The lowest BCUT2D eigenvalue weighted by Crippen LogP contribution is -2.37. The number of esters is 2. The van der Waals surface area contributed by atoms with Crippen LogP contribution in [0.3, 0.4) is 0 Å². The summed E-state index contributed by atoms with van der Waals surface area (Å²) in [6.45, 7) is 3.94. The second-order valence-electron chi connectivity index (χ2n) is 21.7. The third-order valence-electron chi connectivity index (χ3n) is 12.7. The summed E-state index contributed by atoms with van der Waals surface area (Å²) in [7, 11) is 1.11. The van der Waals surface area contributed by atoms with Crippen molar-refractivity contribution in [1.29, 1.82) is 0 Å². The van der Waals surface area contributed by atoms with E-state index < -0.39 is 32.5 Å². The molecule has 0 spiro atoms. The first kappa shape index (κ1) is 77.4. The predicted octanol–water partition coefficient (Wildman–Crippen LogP) is 20.0. The molecular formula is C72H116NO8P. The highest BCUT2D eigenvalue weighted by molar-refractivity contribution is 7.45. The van der Waals surface area contributed by atoms with Gasteiger partial charge in [-0.3, -0.25) is 14.2 Å². The molecule has 0 aliphatic carbocycles. The third kappa shape index (κ3) is 64.5. The molecule has 9 nitrogen and oxygen atoms in total. The predicted molar refractivity (Wildman–Crippen MR) is 350 cm³/mol.